The first-order valence-electron chi connectivity index (χ1n) is 10.4. The van der Waals surface area contributed by atoms with Crippen molar-refractivity contribution in [2.75, 3.05) is 43.4 Å². The Kier molecular flexibility index (Phi) is 5.91. The number of aromatic nitrogens is 1. The normalized spacial score (nSPS) is 14.5. The Hall–Kier alpha value is -3.38. The van der Waals surface area contributed by atoms with Gasteiger partial charge in [-0.2, -0.15) is 0 Å². The molecule has 31 heavy (non-hydrogen) atoms. The number of aromatic amines is 1. The Labute approximate surface area is 182 Å². The maximum absolute atomic E-state index is 14.6. The van der Waals surface area contributed by atoms with E-state index in [2.05, 4.69) is 58.0 Å². The Morgan fingerprint density at radius 3 is 2.48 bits per heavy atom. The summed E-state index contributed by atoms with van der Waals surface area (Å²) in [5.74, 6) is -0.733. The molecule has 1 aliphatic heterocycles. The molecule has 6 heteroatoms. The van der Waals surface area contributed by atoms with E-state index in [4.69, 9.17) is 0 Å². The first kappa shape index (κ1) is 20.9. The highest BCUT2D eigenvalue weighted by atomic mass is 19.1. The molecular formula is C25H27FN4O. The molecule has 0 spiro atoms. The van der Waals surface area contributed by atoms with E-state index < -0.39 is 0 Å². The Balaban J connectivity index is 1.64. The van der Waals surface area contributed by atoms with Gasteiger partial charge in [-0.15, -0.1) is 0 Å². The van der Waals surface area contributed by atoms with Crippen molar-refractivity contribution in [3.05, 3.63) is 72.7 Å². The molecular weight excluding hydrogens is 391 g/mol. The number of hydrogen-bond acceptors (Lipinski definition) is 3. The van der Waals surface area contributed by atoms with E-state index in [1.165, 1.54) is 17.8 Å². The van der Waals surface area contributed by atoms with Crippen LogP contribution in [-0.2, 0) is 4.79 Å². The number of carbonyl (C=O) groups excluding carboxylic acids is 1. The third-order valence-electron chi connectivity index (χ3n) is 5.87. The van der Waals surface area contributed by atoms with Crippen molar-refractivity contribution in [3.8, 4) is 22.4 Å². The average molecular weight is 419 g/mol. The van der Waals surface area contributed by atoms with Crippen LogP contribution in [0.4, 0.5) is 15.8 Å². The average Bonchev–Trinajstić information content (AvgIpc) is 3.27. The summed E-state index contributed by atoms with van der Waals surface area (Å²) < 4.78 is 14.6. The molecule has 1 amide bonds. The highest BCUT2D eigenvalue weighted by Gasteiger charge is 2.16. The fourth-order valence-corrected chi connectivity index (χ4v) is 3.90. The third kappa shape index (κ3) is 4.39. The molecule has 0 atom stereocenters. The number of nitrogens with one attached hydrogen (secondary N) is 2. The lowest BCUT2D eigenvalue weighted by Crippen LogP contribution is -2.44. The van der Waals surface area contributed by atoms with E-state index in [0.29, 0.717) is 16.8 Å². The fraction of sp³-hybridized carbons (Fsp3) is 0.240. The summed E-state index contributed by atoms with van der Waals surface area (Å²) in [6.45, 7) is 9.27. The second kappa shape index (κ2) is 8.78. The Bertz CT molecular complexity index is 1100. The predicted octanol–water partition coefficient (Wildman–Crippen LogP) is 4.67. The number of H-pyrrole nitrogens is 1. The van der Waals surface area contributed by atoms with Crippen molar-refractivity contribution in [1.29, 1.82) is 0 Å². The molecule has 5 nitrogen and oxygen atoms in total. The van der Waals surface area contributed by atoms with E-state index in [9.17, 15) is 9.18 Å². The van der Waals surface area contributed by atoms with Crippen LogP contribution in [0.5, 0.6) is 0 Å². The molecule has 1 aromatic heterocycles. The lowest BCUT2D eigenvalue weighted by molar-refractivity contribution is -0.111. The van der Waals surface area contributed by atoms with Crippen LogP contribution in [0.3, 0.4) is 0 Å². The SMILES string of the molecule is C=CC(=O)Nc1cc(-c2cc[nH]c2-c2ccc(N3CCN(C)CC3)cc2)cc(F)c1C. The smallest absolute Gasteiger partial charge is 0.247 e. The highest BCUT2D eigenvalue weighted by Crippen LogP contribution is 2.35. The number of anilines is 2. The summed E-state index contributed by atoms with van der Waals surface area (Å²) in [6, 6.07) is 13.7. The molecule has 0 bridgehead atoms. The molecule has 4 rings (SSSR count). The zero-order valence-electron chi connectivity index (χ0n) is 17.9. The topological polar surface area (TPSA) is 51.4 Å². The van der Waals surface area contributed by atoms with E-state index in [-0.39, 0.29) is 11.7 Å². The van der Waals surface area contributed by atoms with Gasteiger partial charge < -0.3 is 20.1 Å². The van der Waals surface area contributed by atoms with Gasteiger partial charge in [0.05, 0.1) is 5.69 Å². The minimum Gasteiger partial charge on any atom is -0.369 e. The van der Waals surface area contributed by atoms with Gasteiger partial charge in [-0.1, -0.05) is 18.7 Å². The van der Waals surface area contributed by atoms with Gasteiger partial charge in [-0.25, -0.2) is 4.39 Å². The summed E-state index contributed by atoms with van der Waals surface area (Å²) in [5.41, 5.74) is 5.55. The zero-order valence-corrected chi connectivity index (χ0v) is 17.9. The first-order chi connectivity index (χ1) is 15.0. The van der Waals surface area contributed by atoms with Crippen LogP contribution in [-0.4, -0.2) is 49.0 Å². The van der Waals surface area contributed by atoms with Crippen molar-refractivity contribution in [2.24, 2.45) is 0 Å². The van der Waals surface area contributed by atoms with Crippen LogP contribution in [0.2, 0.25) is 0 Å². The van der Waals surface area contributed by atoms with Gasteiger partial charge in [0.1, 0.15) is 5.82 Å². The third-order valence-corrected chi connectivity index (χ3v) is 5.87. The number of benzene rings is 2. The summed E-state index contributed by atoms with van der Waals surface area (Å²) in [7, 11) is 2.15. The minimum absolute atomic E-state index is 0.366. The van der Waals surface area contributed by atoms with E-state index in [0.717, 1.165) is 43.0 Å². The molecule has 2 aromatic carbocycles. The summed E-state index contributed by atoms with van der Waals surface area (Å²) in [5, 5.41) is 2.69. The second-order valence-electron chi connectivity index (χ2n) is 7.93. The molecule has 0 unspecified atom stereocenters. The summed E-state index contributed by atoms with van der Waals surface area (Å²) in [4.78, 5) is 19.8. The number of amides is 1. The summed E-state index contributed by atoms with van der Waals surface area (Å²) >= 11 is 0. The van der Waals surface area contributed by atoms with E-state index in [1.807, 2.05) is 12.3 Å². The molecule has 2 N–H and O–H groups in total. The largest absolute Gasteiger partial charge is 0.369 e. The van der Waals surface area contributed by atoms with Gasteiger partial charge in [-0.3, -0.25) is 4.79 Å². The molecule has 0 radical (unpaired) electrons. The van der Waals surface area contributed by atoms with Crippen molar-refractivity contribution >= 4 is 17.3 Å². The molecule has 0 aliphatic carbocycles. The van der Waals surface area contributed by atoms with Crippen molar-refractivity contribution in [3.63, 3.8) is 0 Å². The van der Waals surface area contributed by atoms with Crippen LogP contribution in [0.25, 0.3) is 22.4 Å². The molecule has 0 saturated carbocycles. The Morgan fingerprint density at radius 2 is 1.81 bits per heavy atom. The zero-order chi connectivity index (χ0) is 22.0. The number of likely N-dealkylation sites (N-methyl/N-ethyl adjacent to an activating group) is 1. The van der Waals surface area contributed by atoms with Gasteiger partial charge in [0, 0.05) is 54.9 Å². The van der Waals surface area contributed by atoms with Gasteiger partial charge in [0.25, 0.3) is 0 Å². The van der Waals surface area contributed by atoms with Gasteiger partial charge in [0.15, 0.2) is 0 Å². The number of piperazine rings is 1. The maximum Gasteiger partial charge on any atom is 0.247 e. The van der Waals surface area contributed by atoms with Gasteiger partial charge >= 0.3 is 0 Å². The van der Waals surface area contributed by atoms with Crippen molar-refractivity contribution in [1.82, 2.24) is 9.88 Å². The first-order valence-corrected chi connectivity index (χ1v) is 10.4. The molecule has 2 heterocycles. The molecule has 160 valence electrons. The highest BCUT2D eigenvalue weighted by molar-refractivity contribution is 6.00. The molecule has 1 aliphatic rings. The number of carbonyl (C=O) groups is 1. The number of rotatable bonds is 5. The molecule has 3 aromatic rings. The number of nitrogens with zero attached hydrogens (tertiary/aromatic N) is 2. The number of halogens is 1. The van der Waals surface area contributed by atoms with Crippen molar-refractivity contribution < 1.29 is 9.18 Å². The van der Waals surface area contributed by atoms with Crippen LogP contribution < -0.4 is 10.2 Å². The minimum atomic E-state index is -0.367. The Morgan fingerprint density at radius 1 is 1.10 bits per heavy atom. The summed E-state index contributed by atoms with van der Waals surface area (Å²) in [6.07, 6.45) is 3.02. The molecule has 1 fully saturated rings. The van der Waals surface area contributed by atoms with Crippen LogP contribution >= 0.6 is 0 Å². The standard InChI is InChI=1S/C25H27FN4O/c1-4-24(31)28-23-16-19(15-22(26)17(23)2)21-9-10-27-25(21)18-5-7-20(8-6-18)30-13-11-29(3)12-14-30/h4-10,15-16,27H,1,11-14H2,2-3H3,(H,28,31). The maximum atomic E-state index is 14.6. The lowest BCUT2D eigenvalue weighted by Gasteiger charge is -2.34. The van der Waals surface area contributed by atoms with Crippen LogP contribution in [0.15, 0.2) is 61.3 Å². The predicted molar refractivity (Wildman–Crippen MR) is 125 cm³/mol. The van der Waals surface area contributed by atoms with Gasteiger partial charge in [-0.05, 0) is 61.5 Å². The van der Waals surface area contributed by atoms with E-state index >= 15 is 0 Å². The molecule has 1 saturated heterocycles. The van der Waals surface area contributed by atoms with Gasteiger partial charge in [0.2, 0.25) is 5.91 Å². The lowest BCUT2D eigenvalue weighted by atomic mass is 9.99. The van der Waals surface area contributed by atoms with Crippen molar-refractivity contribution in [2.45, 2.75) is 6.92 Å². The second-order valence-corrected chi connectivity index (χ2v) is 7.93. The van der Waals surface area contributed by atoms with Crippen LogP contribution in [0.1, 0.15) is 5.56 Å². The number of hydrogen-bond donors (Lipinski definition) is 2. The monoisotopic (exact) mass is 418 g/mol. The van der Waals surface area contributed by atoms with E-state index in [1.54, 1.807) is 13.0 Å². The fourth-order valence-electron chi connectivity index (χ4n) is 3.90. The quantitative estimate of drug-likeness (QED) is 0.592. The van der Waals surface area contributed by atoms with Crippen LogP contribution in [0, 0.1) is 12.7 Å².